The summed E-state index contributed by atoms with van der Waals surface area (Å²) in [5.74, 6) is 0. The maximum atomic E-state index is 5.97. The van der Waals surface area contributed by atoms with Gasteiger partial charge in [-0.05, 0) is 30.7 Å². The first-order valence-electron chi connectivity index (χ1n) is 4.80. The number of rotatable bonds is 1. The van der Waals surface area contributed by atoms with Crippen molar-refractivity contribution in [2.24, 2.45) is 0 Å². The Bertz CT molecular complexity index is 451. The van der Waals surface area contributed by atoms with E-state index in [0.29, 0.717) is 0 Å². The van der Waals surface area contributed by atoms with Crippen LogP contribution in [0.4, 0.5) is 0 Å². The van der Waals surface area contributed by atoms with Gasteiger partial charge in [-0.15, -0.1) is 12.6 Å². The van der Waals surface area contributed by atoms with Crippen molar-refractivity contribution >= 4 is 36.0 Å². The van der Waals surface area contributed by atoms with Crippen LogP contribution >= 0.6 is 24.2 Å². The van der Waals surface area contributed by atoms with Gasteiger partial charge in [0.1, 0.15) is 0 Å². The summed E-state index contributed by atoms with van der Waals surface area (Å²) in [5, 5.41) is 1.67. The molecule has 0 saturated heterocycles. The molecule has 2 rings (SSSR count). The van der Waals surface area contributed by atoms with Gasteiger partial charge in [0.05, 0.1) is 5.03 Å². The van der Waals surface area contributed by atoms with Crippen LogP contribution in [0.1, 0.15) is 18.1 Å². The van der Waals surface area contributed by atoms with Crippen molar-refractivity contribution < 1.29 is 0 Å². The summed E-state index contributed by atoms with van der Waals surface area (Å²) >= 11 is 10.4. The average molecular weight is 238 g/mol. The molecule has 0 radical (unpaired) electrons. The van der Waals surface area contributed by atoms with Gasteiger partial charge in [0.25, 0.3) is 0 Å². The van der Waals surface area contributed by atoms with Gasteiger partial charge in [-0.3, -0.25) is 0 Å². The zero-order valence-corrected chi connectivity index (χ0v) is 10.1. The number of hydrogen-bond acceptors (Lipinski definition) is 2. The molecule has 1 aromatic carbocycles. The first kappa shape index (κ1) is 10.7. The topological polar surface area (TPSA) is 3.24 Å². The van der Waals surface area contributed by atoms with E-state index in [2.05, 4.69) is 31.0 Å². The van der Waals surface area contributed by atoms with E-state index in [1.807, 2.05) is 24.3 Å². The maximum absolute atomic E-state index is 5.97. The maximum Gasteiger partial charge on any atom is 0.0727 e. The molecule has 0 N–H and O–H groups in total. The summed E-state index contributed by atoms with van der Waals surface area (Å²) in [6.45, 7) is 7.01. The highest BCUT2D eigenvalue weighted by molar-refractivity contribution is 7.84. The molecule has 0 amide bonds. The Balaban J connectivity index is 2.58. The summed E-state index contributed by atoms with van der Waals surface area (Å²) in [6, 6.07) is 5.82. The molecular weight excluding hydrogens is 226 g/mol. The van der Waals surface area contributed by atoms with Crippen molar-refractivity contribution in [2.45, 2.75) is 6.92 Å². The van der Waals surface area contributed by atoms with E-state index in [1.165, 1.54) is 0 Å². The Kier molecular flexibility index (Phi) is 2.81. The van der Waals surface area contributed by atoms with Gasteiger partial charge in [0.15, 0.2) is 0 Å². The number of fused-ring (bicyclic) bond motifs is 1. The summed E-state index contributed by atoms with van der Waals surface area (Å²) < 4.78 is 0. The lowest BCUT2D eigenvalue weighted by Crippen LogP contribution is -2.21. The van der Waals surface area contributed by atoms with E-state index in [9.17, 15) is 0 Å². The van der Waals surface area contributed by atoms with E-state index >= 15 is 0 Å². The van der Waals surface area contributed by atoms with Gasteiger partial charge >= 0.3 is 0 Å². The molecule has 1 aliphatic heterocycles. The molecule has 1 aromatic rings. The minimum absolute atomic E-state index is 0.738. The van der Waals surface area contributed by atoms with Gasteiger partial charge in [-0.1, -0.05) is 24.2 Å². The molecular formula is C12H12ClNS. The Labute approximate surface area is 100 Å². The molecule has 0 saturated carbocycles. The van der Waals surface area contributed by atoms with E-state index in [1.54, 1.807) is 0 Å². The highest BCUT2D eigenvalue weighted by Gasteiger charge is 2.18. The van der Waals surface area contributed by atoms with Crippen LogP contribution in [0, 0.1) is 0 Å². The highest BCUT2D eigenvalue weighted by atomic mass is 35.5. The van der Waals surface area contributed by atoms with E-state index in [-0.39, 0.29) is 0 Å². The van der Waals surface area contributed by atoms with Crippen molar-refractivity contribution in [3.63, 3.8) is 0 Å². The molecule has 0 fully saturated rings. The van der Waals surface area contributed by atoms with Crippen molar-refractivity contribution in [2.75, 3.05) is 6.54 Å². The lowest BCUT2D eigenvalue weighted by molar-refractivity contribution is 0.552. The Morgan fingerprint density at radius 3 is 2.87 bits per heavy atom. The number of hydrogen-bond donors (Lipinski definition) is 1. The van der Waals surface area contributed by atoms with Gasteiger partial charge in [0.2, 0.25) is 0 Å². The Hall–Kier alpha value is -0.860. The van der Waals surface area contributed by atoms with E-state index < -0.39 is 0 Å². The molecule has 0 unspecified atom stereocenters. The standard InChI is InChI=1S/C12H12ClNS/c1-3-14-8(2)11-7-10(13)5-4-9(11)6-12(14)15/h4-7,15H,2-3H2,1H3. The van der Waals surface area contributed by atoms with Crippen LogP contribution in [0.5, 0.6) is 0 Å². The van der Waals surface area contributed by atoms with Gasteiger partial charge in [-0.2, -0.15) is 0 Å². The van der Waals surface area contributed by atoms with Crippen LogP contribution in [0.2, 0.25) is 5.02 Å². The number of benzene rings is 1. The Morgan fingerprint density at radius 2 is 2.20 bits per heavy atom. The lowest BCUT2D eigenvalue weighted by atomic mass is 10.0. The van der Waals surface area contributed by atoms with Crippen LogP contribution in [0.3, 0.4) is 0 Å². The minimum atomic E-state index is 0.738. The van der Waals surface area contributed by atoms with E-state index in [0.717, 1.165) is 33.4 Å². The number of halogens is 1. The summed E-state index contributed by atoms with van der Waals surface area (Å²) in [6.07, 6.45) is 2.03. The zero-order chi connectivity index (χ0) is 11.0. The number of thiol groups is 1. The average Bonchev–Trinajstić information content (AvgIpc) is 2.20. The zero-order valence-electron chi connectivity index (χ0n) is 8.50. The third-order valence-corrected chi connectivity index (χ3v) is 3.14. The fourth-order valence-corrected chi connectivity index (χ4v) is 2.33. The quantitative estimate of drug-likeness (QED) is 0.726. The first-order chi connectivity index (χ1) is 7.13. The normalized spacial score (nSPS) is 15.0. The molecule has 78 valence electrons. The molecule has 15 heavy (non-hydrogen) atoms. The van der Waals surface area contributed by atoms with Crippen molar-refractivity contribution in [3.8, 4) is 0 Å². The van der Waals surface area contributed by atoms with Crippen LogP contribution in [0.25, 0.3) is 11.8 Å². The summed E-state index contributed by atoms with van der Waals surface area (Å²) in [7, 11) is 0. The SMILES string of the molecule is C=C1c2cc(Cl)ccc2C=C(S)N1CC. The van der Waals surface area contributed by atoms with Crippen LogP contribution < -0.4 is 0 Å². The van der Waals surface area contributed by atoms with Crippen LogP contribution in [-0.4, -0.2) is 11.4 Å². The smallest absolute Gasteiger partial charge is 0.0727 e. The summed E-state index contributed by atoms with van der Waals surface area (Å²) in [4.78, 5) is 2.06. The molecule has 1 aliphatic rings. The van der Waals surface area contributed by atoms with Crippen molar-refractivity contribution in [1.29, 1.82) is 0 Å². The molecule has 3 heteroatoms. The minimum Gasteiger partial charge on any atom is -0.337 e. The highest BCUT2D eigenvalue weighted by Crippen LogP contribution is 2.34. The molecule has 0 atom stereocenters. The van der Waals surface area contributed by atoms with Gasteiger partial charge in [-0.25, -0.2) is 0 Å². The molecule has 0 bridgehead atoms. The van der Waals surface area contributed by atoms with Crippen molar-refractivity contribution in [3.05, 3.63) is 46.0 Å². The third kappa shape index (κ3) is 1.80. The van der Waals surface area contributed by atoms with E-state index in [4.69, 9.17) is 11.6 Å². The predicted octanol–water partition coefficient (Wildman–Crippen LogP) is 3.87. The molecule has 1 heterocycles. The third-order valence-electron chi connectivity index (χ3n) is 2.53. The largest absolute Gasteiger partial charge is 0.337 e. The van der Waals surface area contributed by atoms with Crippen molar-refractivity contribution in [1.82, 2.24) is 4.90 Å². The van der Waals surface area contributed by atoms with Crippen LogP contribution in [-0.2, 0) is 0 Å². The van der Waals surface area contributed by atoms with Gasteiger partial charge < -0.3 is 4.90 Å². The summed E-state index contributed by atoms with van der Waals surface area (Å²) in [5.41, 5.74) is 3.17. The fourth-order valence-electron chi connectivity index (χ4n) is 1.76. The van der Waals surface area contributed by atoms with Crippen LogP contribution in [0.15, 0.2) is 29.8 Å². The molecule has 0 aromatic heterocycles. The first-order valence-corrected chi connectivity index (χ1v) is 5.63. The second kappa shape index (κ2) is 3.95. The lowest BCUT2D eigenvalue weighted by Gasteiger charge is -2.30. The molecule has 0 spiro atoms. The monoisotopic (exact) mass is 237 g/mol. The predicted molar refractivity (Wildman–Crippen MR) is 69.8 cm³/mol. The second-order valence-corrected chi connectivity index (χ2v) is 4.32. The fraction of sp³-hybridized carbons (Fsp3) is 0.167. The molecule has 0 aliphatic carbocycles. The number of nitrogens with zero attached hydrogens (tertiary/aromatic N) is 1. The Morgan fingerprint density at radius 1 is 1.47 bits per heavy atom. The van der Waals surface area contributed by atoms with Gasteiger partial charge in [0, 0.05) is 22.8 Å². The molecule has 1 nitrogen and oxygen atoms in total. The second-order valence-electron chi connectivity index (χ2n) is 3.43.